The van der Waals surface area contributed by atoms with Crippen LogP contribution in [0.25, 0.3) is 0 Å². The third-order valence-electron chi connectivity index (χ3n) is 5.24. The van der Waals surface area contributed by atoms with Gasteiger partial charge in [0.1, 0.15) is 23.0 Å². The third kappa shape index (κ3) is 7.66. The van der Waals surface area contributed by atoms with Gasteiger partial charge in [-0.15, -0.1) is 0 Å². The topological polar surface area (TPSA) is 77.4 Å². The summed E-state index contributed by atoms with van der Waals surface area (Å²) in [5.41, 5.74) is 1.63. The van der Waals surface area contributed by atoms with Crippen LogP contribution in [0.4, 0.5) is 5.69 Å². The zero-order valence-corrected chi connectivity index (χ0v) is 19.7. The maximum Gasteiger partial charge on any atom is 0.343 e. The number of carbonyl (C=O) groups is 1. The molecule has 0 amide bonds. The smallest absolute Gasteiger partial charge is 0.343 e. The Hall–Kier alpha value is -3.80. The van der Waals surface area contributed by atoms with Gasteiger partial charge in [-0.3, -0.25) is 4.99 Å². The maximum atomic E-state index is 12.5. The fraction of sp³-hybridized carbons (Fsp3) is 0.286. The van der Waals surface area contributed by atoms with Crippen molar-refractivity contribution in [1.82, 2.24) is 0 Å². The van der Waals surface area contributed by atoms with Crippen molar-refractivity contribution >= 4 is 17.9 Å². The molecule has 0 saturated heterocycles. The van der Waals surface area contributed by atoms with Gasteiger partial charge in [-0.1, -0.05) is 32.6 Å². The lowest BCUT2D eigenvalue weighted by Gasteiger charge is -2.08. The van der Waals surface area contributed by atoms with Crippen LogP contribution in [0.1, 0.15) is 54.9 Å². The molecule has 178 valence electrons. The van der Waals surface area contributed by atoms with E-state index < -0.39 is 5.97 Å². The average molecular weight is 462 g/mol. The van der Waals surface area contributed by atoms with Crippen LogP contribution in [0, 0.1) is 0 Å². The Labute approximate surface area is 200 Å². The summed E-state index contributed by atoms with van der Waals surface area (Å²) < 4.78 is 16.3. The van der Waals surface area contributed by atoms with E-state index in [0.717, 1.165) is 30.0 Å². The number of carbonyl (C=O) groups excluding carboxylic acids is 1. The molecule has 3 rings (SSSR count). The third-order valence-corrected chi connectivity index (χ3v) is 5.24. The minimum absolute atomic E-state index is 0.0368. The van der Waals surface area contributed by atoms with Crippen molar-refractivity contribution in [1.29, 1.82) is 0 Å². The van der Waals surface area contributed by atoms with Crippen LogP contribution in [0.2, 0.25) is 0 Å². The van der Waals surface area contributed by atoms with E-state index in [1.165, 1.54) is 25.3 Å². The first-order chi connectivity index (χ1) is 16.6. The summed E-state index contributed by atoms with van der Waals surface area (Å²) in [4.78, 5) is 16.8. The molecule has 0 atom stereocenters. The largest absolute Gasteiger partial charge is 0.507 e. The highest BCUT2D eigenvalue weighted by atomic mass is 16.5. The normalized spacial score (nSPS) is 10.9. The molecule has 0 fully saturated rings. The van der Waals surface area contributed by atoms with Gasteiger partial charge >= 0.3 is 5.97 Å². The van der Waals surface area contributed by atoms with E-state index >= 15 is 0 Å². The number of phenolic OH excluding ortho intramolecular Hbond substituents is 1. The van der Waals surface area contributed by atoms with Gasteiger partial charge in [0.15, 0.2) is 0 Å². The second-order valence-electron chi connectivity index (χ2n) is 7.85. The van der Waals surface area contributed by atoms with Crippen molar-refractivity contribution in [2.75, 3.05) is 13.7 Å². The summed E-state index contributed by atoms with van der Waals surface area (Å²) in [5.74, 6) is 1.17. The Morgan fingerprint density at radius 3 is 2.24 bits per heavy atom. The molecule has 0 saturated carbocycles. The predicted molar refractivity (Wildman–Crippen MR) is 134 cm³/mol. The van der Waals surface area contributed by atoms with Gasteiger partial charge in [-0.05, 0) is 67.1 Å². The molecule has 0 aromatic heterocycles. The van der Waals surface area contributed by atoms with E-state index in [0.29, 0.717) is 17.7 Å². The van der Waals surface area contributed by atoms with E-state index in [1.54, 1.807) is 49.7 Å². The minimum Gasteiger partial charge on any atom is -0.507 e. The first kappa shape index (κ1) is 24.8. The molecule has 6 nitrogen and oxygen atoms in total. The van der Waals surface area contributed by atoms with Crippen molar-refractivity contribution in [2.45, 2.75) is 39.0 Å². The molecule has 0 heterocycles. The van der Waals surface area contributed by atoms with Crippen molar-refractivity contribution in [3.8, 4) is 23.0 Å². The lowest BCUT2D eigenvalue weighted by molar-refractivity contribution is 0.0734. The monoisotopic (exact) mass is 461 g/mol. The zero-order valence-electron chi connectivity index (χ0n) is 19.7. The van der Waals surface area contributed by atoms with Crippen LogP contribution in [0.15, 0.2) is 71.7 Å². The Morgan fingerprint density at radius 2 is 1.56 bits per heavy atom. The van der Waals surface area contributed by atoms with Crippen LogP contribution < -0.4 is 14.2 Å². The number of hydrogen-bond donors (Lipinski definition) is 1. The Balaban J connectivity index is 1.52. The number of rotatable bonds is 12. The minimum atomic E-state index is -0.509. The average Bonchev–Trinajstić information content (AvgIpc) is 2.86. The molecule has 0 bridgehead atoms. The van der Waals surface area contributed by atoms with E-state index in [1.807, 2.05) is 24.3 Å². The fourth-order valence-electron chi connectivity index (χ4n) is 3.26. The molecule has 6 heteroatoms. The molecule has 3 aromatic carbocycles. The second kappa shape index (κ2) is 13.0. The lowest BCUT2D eigenvalue weighted by atomic mass is 10.2. The fourth-order valence-corrected chi connectivity index (χ4v) is 3.26. The number of aliphatic imine (C=N–C) groups is 1. The summed E-state index contributed by atoms with van der Waals surface area (Å²) in [6.45, 7) is 2.86. The van der Waals surface area contributed by atoms with Gasteiger partial charge in [0.05, 0.1) is 25.0 Å². The highest BCUT2D eigenvalue weighted by molar-refractivity contribution is 5.91. The van der Waals surface area contributed by atoms with Crippen LogP contribution in [0.3, 0.4) is 0 Å². The second-order valence-corrected chi connectivity index (χ2v) is 7.85. The predicted octanol–water partition coefficient (Wildman–Crippen LogP) is 6.72. The Kier molecular flexibility index (Phi) is 9.52. The highest BCUT2D eigenvalue weighted by Crippen LogP contribution is 2.25. The van der Waals surface area contributed by atoms with Gasteiger partial charge in [0, 0.05) is 17.8 Å². The van der Waals surface area contributed by atoms with E-state index in [4.69, 9.17) is 14.2 Å². The van der Waals surface area contributed by atoms with Crippen LogP contribution in [-0.2, 0) is 0 Å². The first-order valence-electron chi connectivity index (χ1n) is 11.5. The standard InChI is InChI=1S/C28H31NO5/c1-3-4-5-6-7-18-33-25-13-8-21(9-14-25)28(31)34-26-15-10-22(27(30)19-26)20-29-23-11-16-24(32-2)17-12-23/h8-17,19-20,30H,3-7,18H2,1-2H3. The Bertz CT molecular complexity index is 1070. The van der Waals surface area contributed by atoms with Crippen molar-refractivity contribution in [3.63, 3.8) is 0 Å². The SMILES string of the molecule is CCCCCCCOc1ccc(C(=O)Oc2ccc(C=Nc3ccc(OC)cc3)c(O)c2)cc1. The van der Waals surface area contributed by atoms with Crippen molar-refractivity contribution in [2.24, 2.45) is 4.99 Å². The van der Waals surface area contributed by atoms with Gasteiger partial charge in [0.2, 0.25) is 0 Å². The number of nitrogens with zero attached hydrogens (tertiary/aromatic N) is 1. The molecule has 3 aromatic rings. The van der Waals surface area contributed by atoms with E-state index in [9.17, 15) is 9.90 Å². The summed E-state index contributed by atoms with van der Waals surface area (Å²) in [6.07, 6.45) is 7.45. The van der Waals surface area contributed by atoms with Crippen LogP contribution in [0.5, 0.6) is 23.0 Å². The molecule has 0 unspecified atom stereocenters. The zero-order chi connectivity index (χ0) is 24.2. The quantitative estimate of drug-likeness (QED) is 0.140. The van der Waals surface area contributed by atoms with Crippen molar-refractivity contribution in [3.05, 3.63) is 77.9 Å². The van der Waals surface area contributed by atoms with Gasteiger partial charge < -0.3 is 19.3 Å². The summed E-state index contributed by atoms with van der Waals surface area (Å²) >= 11 is 0. The summed E-state index contributed by atoms with van der Waals surface area (Å²) in [6, 6.07) is 18.8. The lowest BCUT2D eigenvalue weighted by Crippen LogP contribution is -2.08. The highest BCUT2D eigenvalue weighted by Gasteiger charge is 2.10. The molecule has 1 N–H and O–H groups in total. The molecule has 0 aliphatic heterocycles. The molecular weight excluding hydrogens is 430 g/mol. The number of unbranched alkanes of at least 4 members (excludes halogenated alkanes) is 4. The Morgan fingerprint density at radius 1 is 0.882 bits per heavy atom. The molecule has 34 heavy (non-hydrogen) atoms. The molecule has 0 spiro atoms. The van der Waals surface area contributed by atoms with Crippen molar-refractivity contribution < 1.29 is 24.1 Å². The van der Waals surface area contributed by atoms with Crippen LogP contribution in [-0.4, -0.2) is 31.0 Å². The number of methoxy groups -OCH3 is 1. The van der Waals surface area contributed by atoms with Crippen LogP contribution >= 0.6 is 0 Å². The number of esters is 1. The first-order valence-corrected chi connectivity index (χ1v) is 11.5. The number of phenols is 1. The number of aromatic hydroxyl groups is 1. The number of benzene rings is 3. The number of ether oxygens (including phenoxy) is 3. The molecule has 0 aliphatic carbocycles. The number of hydrogen-bond acceptors (Lipinski definition) is 6. The summed E-state index contributed by atoms with van der Waals surface area (Å²) in [5, 5.41) is 10.3. The molecule has 0 radical (unpaired) electrons. The molecular formula is C28H31NO5. The van der Waals surface area contributed by atoms with E-state index in [-0.39, 0.29) is 11.5 Å². The van der Waals surface area contributed by atoms with Gasteiger partial charge in [-0.25, -0.2) is 4.79 Å². The van der Waals surface area contributed by atoms with Gasteiger partial charge in [-0.2, -0.15) is 0 Å². The molecule has 0 aliphatic rings. The maximum absolute atomic E-state index is 12.5. The summed E-state index contributed by atoms with van der Waals surface area (Å²) in [7, 11) is 1.60. The van der Waals surface area contributed by atoms with E-state index in [2.05, 4.69) is 11.9 Å². The van der Waals surface area contributed by atoms with Gasteiger partial charge in [0.25, 0.3) is 0 Å².